The van der Waals surface area contributed by atoms with E-state index in [9.17, 15) is 0 Å². The van der Waals surface area contributed by atoms with Gasteiger partial charge >= 0.3 is 0 Å². The lowest BCUT2D eigenvalue weighted by Crippen LogP contribution is -2.08. The maximum absolute atomic E-state index is 3.43. The van der Waals surface area contributed by atoms with Gasteiger partial charge in [-0.05, 0) is 48.8 Å². The van der Waals surface area contributed by atoms with E-state index in [-0.39, 0.29) is 0 Å². The van der Waals surface area contributed by atoms with Gasteiger partial charge in [0.05, 0.1) is 0 Å². The molecule has 1 N–H and O–H groups in total. The second kappa shape index (κ2) is 5.49. The van der Waals surface area contributed by atoms with Gasteiger partial charge in [0.25, 0.3) is 0 Å². The van der Waals surface area contributed by atoms with Crippen LogP contribution >= 0.6 is 0 Å². The quantitative estimate of drug-likeness (QED) is 0.811. The van der Waals surface area contributed by atoms with Crippen LogP contribution in [-0.4, -0.2) is 13.1 Å². The van der Waals surface area contributed by atoms with Crippen LogP contribution in [0.3, 0.4) is 0 Å². The fraction of sp³-hybridized carbons (Fsp3) is 0.600. The van der Waals surface area contributed by atoms with Crippen LogP contribution in [0.1, 0.15) is 56.1 Å². The molecular weight excluding hydrogens is 194 g/mol. The molecule has 0 saturated carbocycles. The molecule has 0 aromatic heterocycles. The summed E-state index contributed by atoms with van der Waals surface area (Å²) in [7, 11) is 0. The largest absolute Gasteiger partial charge is 0.316 e. The summed E-state index contributed by atoms with van der Waals surface area (Å²) < 4.78 is 0. The van der Waals surface area contributed by atoms with E-state index in [1.165, 1.54) is 36.9 Å². The molecule has 16 heavy (non-hydrogen) atoms. The Morgan fingerprint density at radius 1 is 1.19 bits per heavy atom. The summed E-state index contributed by atoms with van der Waals surface area (Å²) in [5, 5.41) is 3.43. The van der Waals surface area contributed by atoms with Crippen LogP contribution in [-0.2, 0) is 0 Å². The number of benzene rings is 1. The second-order valence-electron chi connectivity index (χ2n) is 4.87. The van der Waals surface area contributed by atoms with Crippen LogP contribution in [0.4, 0.5) is 0 Å². The average Bonchev–Trinajstić information content (AvgIpc) is 2.85. The SMILES string of the molecule is CCC(CC)c1ccc(C2CCNC2)cc1. The van der Waals surface area contributed by atoms with Gasteiger partial charge in [-0.3, -0.25) is 0 Å². The minimum absolute atomic E-state index is 0.746. The molecular formula is C15H23N. The van der Waals surface area contributed by atoms with Crippen LogP contribution in [0.5, 0.6) is 0 Å². The van der Waals surface area contributed by atoms with Crippen molar-refractivity contribution in [3.05, 3.63) is 35.4 Å². The standard InChI is InChI=1S/C15H23N/c1-3-12(4-2)13-5-7-14(8-6-13)15-9-10-16-11-15/h5-8,12,15-16H,3-4,9-11H2,1-2H3. The molecule has 1 unspecified atom stereocenters. The van der Waals surface area contributed by atoms with Crippen LogP contribution in [0.15, 0.2) is 24.3 Å². The first-order valence-electron chi connectivity index (χ1n) is 6.65. The van der Waals surface area contributed by atoms with E-state index in [1.54, 1.807) is 0 Å². The number of nitrogens with one attached hydrogen (secondary N) is 1. The van der Waals surface area contributed by atoms with E-state index in [2.05, 4.69) is 43.4 Å². The van der Waals surface area contributed by atoms with E-state index in [0.29, 0.717) is 0 Å². The van der Waals surface area contributed by atoms with E-state index in [4.69, 9.17) is 0 Å². The molecule has 1 aromatic carbocycles. The summed E-state index contributed by atoms with van der Waals surface area (Å²) in [5.41, 5.74) is 3.03. The molecule has 1 heterocycles. The molecule has 1 heteroatoms. The average molecular weight is 217 g/mol. The van der Waals surface area contributed by atoms with Gasteiger partial charge in [0.15, 0.2) is 0 Å². The Morgan fingerprint density at radius 3 is 2.38 bits per heavy atom. The molecule has 88 valence electrons. The first-order valence-corrected chi connectivity index (χ1v) is 6.65. The number of hydrogen-bond donors (Lipinski definition) is 1. The third-order valence-electron chi connectivity index (χ3n) is 3.93. The van der Waals surface area contributed by atoms with Gasteiger partial charge in [-0.2, -0.15) is 0 Å². The first kappa shape index (κ1) is 11.7. The Morgan fingerprint density at radius 2 is 1.88 bits per heavy atom. The zero-order valence-electron chi connectivity index (χ0n) is 10.5. The van der Waals surface area contributed by atoms with Crippen molar-refractivity contribution in [2.75, 3.05) is 13.1 Å². The molecule has 1 fully saturated rings. The molecule has 2 rings (SSSR count). The van der Waals surface area contributed by atoms with Crippen molar-refractivity contribution in [2.24, 2.45) is 0 Å². The van der Waals surface area contributed by atoms with Gasteiger partial charge in [-0.1, -0.05) is 38.1 Å². The summed E-state index contributed by atoms with van der Waals surface area (Å²) >= 11 is 0. The van der Waals surface area contributed by atoms with Crippen molar-refractivity contribution in [1.82, 2.24) is 5.32 Å². The molecule has 1 aromatic rings. The summed E-state index contributed by atoms with van der Waals surface area (Å²) in [6.07, 6.45) is 3.80. The van der Waals surface area contributed by atoms with Crippen molar-refractivity contribution in [2.45, 2.75) is 44.9 Å². The summed E-state index contributed by atoms with van der Waals surface area (Å²) in [6, 6.07) is 9.35. The maximum atomic E-state index is 3.43. The highest BCUT2D eigenvalue weighted by molar-refractivity contribution is 5.28. The molecule has 0 radical (unpaired) electrons. The lowest BCUT2D eigenvalue weighted by molar-refractivity contribution is 0.641. The topological polar surface area (TPSA) is 12.0 Å². The molecule has 0 amide bonds. The number of rotatable bonds is 4. The molecule has 1 atom stereocenters. The van der Waals surface area contributed by atoms with Gasteiger partial charge in [-0.15, -0.1) is 0 Å². The highest BCUT2D eigenvalue weighted by Crippen LogP contribution is 2.27. The van der Waals surface area contributed by atoms with Crippen molar-refractivity contribution in [3.63, 3.8) is 0 Å². The fourth-order valence-electron chi connectivity index (χ4n) is 2.74. The lowest BCUT2D eigenvalue weighted by atomic mass is 9.91. The maximum Gasteiger partial charge on any atom is 0.00206 e. The summed E-state index contributed by atoms with van der Waals surface area (Å²) in [4.78, 5) is 0. The molecule has 1 saturated heterocycles. The zero-order chi connectivity index (χ0) is 11.4. The van der Waals surface area contributed by atoms with Crippen molar-refractivity contribution in [1.29, 1.82) is 0 Å². The van der Waals surface area contributed by atoms with Gasteiger partial charge in [0.1, 0.15) is 0 Å². The smallest absolute Gasteiger partial charge is 0.00206 e. The molecule has 0 bridgehead atoms. The molecule has 0 spiro atoms. The van der Waals surface area contributed by atoms with Crippen molar-refractivity contribution >= 4 is 0 Å². The summed E-state index contributed by atoms with van der Waals surface area (Å²) in [6.45, 7) is 6.90. The third kappa shape index (κ3) is 2.46. The Labute approximate surface area is 99.3 Å². The Bertz CT molecular complexity index is 284. The van der Waals surface area contributed by atoms with E-state index >= 15 is 0 Å². The van der Waals surface area contributed by atoms with Gasteiger partial charge in [0.2, 0.25) is 0 Å². The van der Waals surface area contributed by atoms with E-state index in [0.717, 1.165) is 18.4 Å². The van der Waals surface area contributed by atoms with Gasteiger partial charge in [-0.25, -0.2) is 0 Å². The normalized spacial score (nSPS) is 20.6. The minimum Gasteiger partial charge on any atom is -0.316 e. The van der Waals surface area contributed by atoms with Crippen molar-refractivity contribution < 1.29 is 0 Å². The first-order chi connectivity index (χ1) is 7.85. The molecule has 1 nitrogen and oxygen atoms in total. The van der Waals surface area contributed by atoms with Gasteiger partial charge < -0.3 is 5.32 Å². The van der Waals surface area contributed by atoms with E-state index < -0.39 is 0 Å². The Hall–Kier alpha value is -0.820. The predicted octanol–water partition coefficient (Wildman–Crippen LogP) is 3.67. The highest BCUT2D eigenvalue weighted by Gasteiger charge is 2.16. The monoisotopic (exact) mass is 217 g/mol. The van der Waals surface area contributed by atoms with Crippen LogP contribution in [0, 0.1) is 0 Å². The second-order valence-corrected chi connectivity index (χ2v) is 4.87. The Balaban J connectivity index is 2.09. The Kier molecular flexibility index (Phi) is 4.00. The molecule has 0 aliphatic carbocycles. The fourth-order valence-corrected chi connectivity index (χ4v) is 2.74. The van der Waals surface area contributed by atoms with Crippen LogP contribution < -0.4 is 5.32 Å². The third-order valence-corrected chi connectivity index (χ3v) is 3.93. The predicted molar refractivity (Wildman–Crippen MR) is 70.0 cm³/mol. The van der Waals surface area contributed by atoms with Crippen LogP contribution in [0.25, 0.3) is 0 Å². The highest BCUT2D eigenvalue weighted by atomic mass is 14.9. The zero-order valence-corrected chi connectivity index (χ0v) is 10.5. The minimum atomic E-state index is 0.746. The van der Waals surface area contributed by atoms with Crippen molar-refractivity contribution in [3.8, 4) is 0 Å². The van der Waals surface area contributed by atoms with Gasteiger partial charge in [0, 0.05) is 6.54 Å². The molecule has 1 aliphatic heterocycles. The lowest BCUT2D eigenvalue weighted by Gasteiger charge is -2.15. The summed E-state index contributed by atoms with van der Waals surface area (Å²) in [5.74, 6) is 1.49. The van der Waals surface area contributed by atoms with E-state index in [1.807, 2.05) is 0 Å². The number of hydrogen-bond acceptors (Lipinski definition) is 1. The molecule has 1 aliphatic rings. The van der Waals surface area contributed by atoms with Crippen LogP contribution in [0.2, 0.25) is 0 Å².